The van der Waals surface area contributed by atoms with E-state index in [-0.39, 0.29) is 10.8 Å². The summed E-state index contributed by atoms with van der Waals surface area (Å²) in [7, 11) is 0. The van der Waals surface area contributed by atoms with E-state index in [0.717, 1.165) is 75.3 Å². The summed E-state index contributed by atoms with van der Waals surface area (Å²) in [6, 6.07) is 0. The predicted octanol–water partition coefficient (Wildman–Crippen LogP) is 4.43. The fourth-order valence-corrected chi connectivity index (χ4v) is 11.0. The van der Waals surface area contributed by atoms with Gasteiger partial charge in [-0.1, -0.05) is 0 Å². The Morgan fingerprint density at radius 3 is 1.27 bits per heavy atom. The van der Waals surface area contributed by atoms with Crippen molar-refractivity contribution < 1.29 is 9.59 Å². The van der Waals surface area contributed by atoms with E-state index in [2.05, 4.69) is 24.5 Å². The number of nitrogens with one attached hydrogen (secondary N) is 2. The van der Waals surface area contributed by atoms with Crippen LogP contribution in [0.2, 0.25) is 0 Å². The summed E-state index contributed by atoms with van der Waals surface area (Å²) in [5, 5.41) is 6.47. The van der Waals surface area contributed by atoms with Crippen LogP contribution >= 0.6 is 0 Å². The van der Waals surface area contributed by atoms with Crippen molar-refractivity contribution >= 4 is 11.8 Å². The van der Waals surface area contributed by atoms with Crippen LogP contribution in [0.3, 0.4) is 0 Å². The number of carbonyl (C=O) groups excluding carboxylic acids is 2. The highest BCUT2D eigenvalue weighted by atomic mass is 16.2. The fraction of sp³-hybridized carbons (Fsp3) is 0.923. The van der Waals surface area contributed by atoms with Gasteiger partial charge in [0.05, 0.1) is 10.8 Å². The van der Waals surface area contributed by atoms with Crippen LogP contribution in [0.25, 0.3) is 0 Å². The molecule has 166 valence electrons. The Morgan fingerprint density at radius 2 is 0.967 bits per heavy atom. The van der Waals surface area contributed by atoms with E-state index < -0.39 is 0 Å². The molecule has 8 saturated carbocycles. The van der Waals surface area contributed by atoms with E-state index in [1.165, 1.54) is 38.5 Å². The molecule has 0 aromatic carbocycles. The molecule has 4 nitrogen and oxygen atoms in total. The minimum atomic E-state index is -0.109. The van der Waals surface area contributed by atoms with Gasteiger partial charge < -0.3 is 10.6 Å². The van der Waals surface area contributed by atoms with E-state index in [1.807, 2.05) is 0 Å². The Balaban J connectivity index is 1.40. The standard InChI is InChI=1S/C26H40N2O2/c1-3-27-21(29)23-7-17-5-18(8-23)12-25(11-17,15-23)26-13-19-6-20(14-26)10-24(9-19,16-26)22(30)28-4-2/h17-20H,3-16H2,1-2H3,(H,27,29)(H,28,30). The maximum absolute atomic E-state index is 13.3. The van der Waals surface area contributed by atoms with Gasteiger partial charge in [0.2, 0.25) is 11.8 Å². The summed E-state index contributed by atoms with van der Waals surface area (Å²) in [4.78, 5) is 26.7. The van der Waals surface area contributed by atoms with Gasteiger partial charge in [-0.05, 0) is 125 Å². The minimum absolute atomic E-state index is 0.109. The summed E-state index contributed by atoms with van der Waals surface area (Å²) in [6.07, 6.45) is 14.8. The molecule has 8 aliphatic carbocycles. The Kier molecular flexibility index (Phi) is 4.09. The van der Waals surface area contributed by atoms with Gasteiger partial charge in [0.1, 0.15) is 0 Å². The lowest BCUT2D eigenvalue weighted by molar-refractivity contribution is -0.234. The van der Waals surface area contributed by atoms with Gasteiger partial charge in [-0.25, -0.2) is 0 Å². The third kappa shape index (κ3) is 2.45. The molecular weight excluding hydrogens is 372 g/mol. The molecule has 0 radical (unpaired) electrons. The van der Waals surface area contributed by atoms with Crippen molar-refractivity contribution in [2.24, 2.45) is 45.3 Å². The van der Waals surface area contributed by atoms with Gasteiger partial charge in [0.15, 0.2) is 0 Å². The largest absolute Gasteiger partial charge is 0.356 e. The molecule has 8 bridgehead atoms. The summed E-state index contributed by atoms with van der Waals surface area (Å²) in [5.41, 5.74) is 0.417. The van der Waals surface area contributed by atoms with Gasteiger partial charge in [0, 0.05) is 13.1 Å². The molecule has 8 fully saturated rings. The van der Waals surface area contributed by atoms with E-state index in [1.54, 1.807) is 0 Å². The zero-order valence-electron chi connectivity index (χ0n) is 19.0. The Morgan fingerprint density at radius 1 is 0.633 bits per heavy atom. The third-order valence-corrected chi connectivity index (χ3v) is 10.9. The van der Waals surface area contributed by atoms with E-state index >= 15 is 0 Å². The summed E-state index contributed by atoms with van der Waals surface area (Å²) in [6.45, 7) is 5.61. The highest BCUT2D eigenvalue weighted by Crippen LogP contribution is 2.78. The maximum Gasteiger partial charge on any atom is 0.226 e. The molecule has 2 N–H and O–H groups in total. The van der Waals surface area contributed by atoms with E-state index in [4.69, 9.17) is 0 Å². The lowest BCUT2D eigenvalue weighted by atomic mass is 9.31. The van der Waals surface area contributed by atoms with Gasteiger partial charge >= 0.3 is 0 Å². The lowest BCUT2D eigenvalue weighted by Crippen LogP contribution is -2.67. The highest BCUT2D eigenvalue weighted by molar-refractivity contribution is 5.84. The van der Waals surface area contributed by atoms with Crippen LogP contribution in [0.4, 0.5) is 0 Å². The molecule has 8 rings (SSSR count). The molecule has 0 saturated heterocycles. The Labute approximate surface area is 181 Å². The second-order valence-corrected chi connectivity index (χ2v) is 12.8. The number of carbonyl (C=O) groups is 2. The molecule has 2 amide bonds. The molecule has 8 aliphatic rings. The van der Waals surface area contributed by atoms with Crippen LogP contribution in [0.1, 0.15) is 90.9 Å². The second kappa shape index (κ2) is 6.25. The average Bonchev–Trinajstić information content (AvgIpc) is 2.66. The van der Waals surface area contributed by atoms with Crippen LogP contribution in [0.5, 0.6) is 0 Å². The van der Waals surface area contributed by atoms with Gasteiger partial charge in [-0.3, -0.25) is 9.59 Å². The van der Waals surface area contributed by atoms with Gasteiger partial charge in [0.25, 0.3) is 0 Å². The predicted molar refractivity (Wildman–Crippen MR) is 116 cm³/mol. The molecule has 0 aromatic heterocycles. The summed E-state index contributed by atoms with van der Waals surface area (Å²) in [5.74, 6) is 3.66. The number of rotatable bonds is 5. The highest BCUT2D eigenvalue weighted by Gasteiger charge is 2.71. The van der Waals surface area contributed by atoms with Crippen LogP contribution < -0.4 is 10.6 Å². The summed E-state index contributed by atoms with van der Waals surface area (Å²) >= 11 is 0. The van der Waals surface area contributed by atoms with E-state index in [9.17, 15) is 9.59 Å². The first-order valence-electron chi connectivity index (χ1n) is 12.9. The van der Waals surface area contributed by atoms with Crippen molar-refractivity contribution in [2.75, 3.05) is 13.1 Å². The normalized spacial score (nSPS) is 52.5. The molecule has 4 atom stereocenters. The molecular formula is C26H40N2O2. The van der Waals surface area contributed by atoms with Crippen LogP contribution in [-0.2, 0) is 9.59 Å². The summed E-state index contributed by atoms with van der Waals surface area (Å²) < 4.78 is 0. The van der Waals surface area contributed by atoms with E-state index in [0.29, 0.717) is 22.6 Å². The Hall–Kier alpha value is -1.06. The first kappa shape index (κ1) is 19.6. The topological polar surface area (TPSA) is 58.2 Å². The molecule has 0 heterocycles. The monoisotopic (exact) mass is 412 g/mol. The van der Waals surface area contributed by atoms with Crippen molar-refractivity contribution in [3.63, 3.8) is 0 Å². The number of hydrogen-bond donors (Lipinski definition) is 2. The lowest BCUT2D eigenvalue weighted by Gasteiger charge is -2.73. The van der Waals surface area contributed by atoms with Crippen molar-refractivity contribution in [2.45, 2.75) is 90.9 Å². The van der Waals surface area contributed by atoms with Crippen LogP contribution in [0, 0.1) is 45.3 Å². The molecule has 0 aromatic rings. The first-order valence-corrected chi connectivity index (χ1v) is 12.9. The zero-order valence-corrected chi connectivity index (χ0v) is 19.0. The second-order valence-electron chi connectivity index (χ2n) is 12.8. The maximum atomic E-state index is 13.3. The molecule has 4 heteroatoms. The Bertz CT molecular complexity index is 681. The quantitative estimate of drug-likeness (QED) is 0.702. The van der Waals surface area contributed by atoms with Crippen molar-refractivity contribution in [3.05, 3.63) is 0 Å². The molecule has 0 spiro atoms. The van der Waals surface area contributed by atoms with Crippen molar-refractivity contribution in [1.82, 2.24) is 10.6 Å². The number of amides is 2. The van der Waals surface area contributed by atoms with Crippen LogP contribution in [-0.4, -0.2) is 24.9 Å². The zero-order chi connectivity index (χ0) is 20.8. The SMILES string of the molecule is CCNC(=O)C12CC3CC(C1)CC(C14CC5CC(CC(C(=O)NCC)(C5)C1)C4)(C3)C2. The molecule has 4 unspecified atom stereocenters. The molecule has 30 heavy (non-hydrogen) atoms. The first-order chi connectivity index (χ1) is 14.4. The van der Waals surface area contributed by atoms with Gasteiger partial charge in [-0.2, -0.15) is 0 Å². The van der Waals surface area contributed by atoms with Crippen LogP contribution in [0.15, 0.2) is 0 Å². The fourth-order valence-electron chi connectivity index (χ4n) is 11.0. The minimum Gasteiger partial charge on any atom is -0.356 e. The molecule has 0 aliphatic heterocycles. The van der Waals surface area contributed by atoms with Gasteiger partial charge in [-0.15, -0.1) is 0 Å². The number of hydrogen-bond acceptors (Lipinski definition) is 2. The smallest absolute Gasteiger partial charge is 0.226 e. The third-order valence-electron chi connectivity index (χ3n) is 10.9. The van der Waals surface area contributed by atoms with Crippen molar-refractivity contribution in [1.29, 1.82) is 0 Å². The van der Waals surface area contributed by atoms with Crippen molar-refractivity contribution in [3.8, 4) is 0 Å². The average molecular weight is 413 g/mol.